The molecule has 0 unspecified atom stereocenters. The molecule has 0 saturated heterocycles. The summed E-state index contributed by atoms with van der Waals surface area (Å²) in [5, 5.41) is 4.96. The van der Waals surface area contributed by atoms with E-state index in [-0.39, 0.29) is 0 Å². The zero-order chi connectivity index (χ0) is 30.5. The highest BCUT2D eigenvalue weighted by molar-refractivity contribution is 8.05. The molecule has 46 heavy (non-hydrogen) atoms. The second-order valence-corrected chi connectivity index (χ2v) is 13.7. The molecule has 8 aromatic rings. The van der Waals surface area contributed by atoms with Crippen molar-refractivity contribution in [3.63, 3.8) is 0 Å². The first-order valence-corrected chi connectivity index (χ1v) is 17.1. The third-order valence-corrected chi connectivity index (χ3v) is 11.3. The molecule has 0 saturated carbocycles. The van der Waals surface area contributed by atoms with E-state index < -0.39 is 0 Å². The number of fused-ring (bicyclic) bond motifs is 4. The van der Waals surface area contributed by atoms with Gasteiger partial charge in [-0.25, -0.2) is 0 Å². The molecule has 2 heterocycles. The van der Waals surface area contributed by atoms with Gasteiger partial charge < -0.3 is 0 Å². The minimum absolute atomic E-state index is 0.986. The van der Waals surface area contributed by atoms with Crippen molar-refractivity contribution in [1.29, 1.82) is 0 Å². The average molecular weight is 622 g/mol. The fourth-order valence-electron chi connectivity index (χ4n) is 6.61. The van der Waals surface area contributed by atoms with Crippen molar-refractivity contribution >= 4 is 45.1 Å². The van der Waals surface area contributed by atoms with Crippen LogP contribution in [0.2, 0.25) is 0 Å². The number of rotatable bonds is 4. The molecule has 0 atom stereocenters. The summed E-state index contributed by atoms with van der Waals surface area (Å²) >= 11 is 3.69. The van der Waals surface area contributed by atoms with E-state index >= 15 is 0 Å². The Balaban J connectivity index is 1.13. The highest BCUT2D eigenvalue weighted by Crippen LogP contribution is 2.49. The number of aromatic nitrogens is 1. The molecular formula is C43H27NS2. The maximum atomic E-state index is 5.04. The standard InChI is InChI=1S/C43H27NS2/c1-2-10-28(11-3-1)29-18-20-30(21-19-29)42-33-12-4-6-14-35(33)43(36-15-7-5-13-34(36)42)32-22-24-37(44-27-32)31-23-25-40-41(26-31)46-39-17-9-8-16-38(39)45-40/h1-27H. The van der Waals surface area contributed by atoms with E-state index in [1.54, 1.807) is 0 Å². The summed E-state index contributed by atoms with van der Waals surface area (Å²) in [6, 6.07) is 56.9. The van der Waals surface area contributed by atoms with Crippen LogP contribution in [0.15, 0.2) is 184 Å². The van der Waals surface area contributed by atoms with Crippen LogP contribution in [0.5, 0.6) is 0 Å². The fourth-order valence-corrected chi connectivity index (χ4v) is 8.86. The molecule has 0 fully saturated rings. The zero-order valence-electron chi connectivity index (χ0n) is 24.9. The smallest absolute Gasteiger partial charge is 0.0702 e. The quantitative estimate of drug-likeness (QED) is 0.182. The third-order valence-electron chi connectivity index (χ3n) is 8.79. The van der Waals surface area contributed by atoms with Crippen LogP contribution in [0.1, 0.15) is 0 Å². The Hall–Kier alpha value is -5.09. The number of benzene rings is 7. The SMILES string of the molecule is c1ccc(-c2ccc(-c3c4ccccc4c(-c4ccc(-c5ccc6c(c5)Sc5ccccc5S6)nc4)c4ccccc34)cc2)cc1. The molecular weight excluding hydrogens is 595 g/mol. The Morgan fingerprint density at radius 3 is 1.39 bits per heavy atom. The van der Waals surface area contributed by atoms with E-state index in [2.05, 4.69) is 164 Å². The summed E-state index contributed by atoms with van der Waals surface area (Å²) in [4.78, 5) is 10.3. The number of pyridine rings is 1. The summed E-state index contributed by atoms with van der Waals surface area (Å²) in [6.07, 6.45) is 2.05. The van der Waals surface area contributed by atoms with Crippen molar-refractivity contribution < 1.29 is 0 Å². The second kappa shape index (κ2) is 11.4. The monoisotopic (exact) mass is 621 g/mol. The van der Waals surface area contributed by atoms with Gasteiger partial charge in [0, 0.05) is 36.9 Å². The summed E-state index contributed by atoms with van der Waals surface area (Å²) in [6.45, 7) is 0. The van der Waals surface area contributed by atoms with Crippen LogP contribution in [-0.4, -0.2) is 4.98 Å². The van der Waals surface area contributed by atoms with Crippen molar-refractivity contribution in [2.45, 2.75) is 19.6 Å². The minimum atomic E-state index is 0.986. The molecule has 0 bridgehead atoms. The Bertz CT molecular complexity index is 2340. The highest BCUT2D eigenvalue weighted by atomic mass is 32.2. The Kier molecular flexibility index (Phi) is 6.73. The zero-order valence-corrected chi connectivity index (χ0v) is 26.5. The molecule has 3 heteroatoms. The summed E-state index contributed by atoms with van der Waals surface area (Å²) in [5.74, 6) is 0. The van der Waals surface area contributed by atoms with Gasteiger partial charge in [-0.3, -0.25) is 4.98 Å². The molecule has 216 valence electrons. The van der Waals surface area contributed by atoms with Gasteiger partial charge in [-0.15, -0.1) is 0 Å². The molecule has 1 aromatic heterocycles. The van der Waals surface area contributed by atoms with Crippen molar-refractivity contribution in [1.82, 2.24) is 4.98 Å². The van der Waals surface area contributed by atoms with Gasteiger partial charge in [0.25, 0.3) is 0 Å². The van der Waals surface area contributed by atoms with E-state index in [0.29, 0.717) is 0 Å². The molecule has 1 nitrogen and oxygen atoms in total. The van der Waals surface area contributed by atoms with Crippen LogP contribution < -0.4 is 0 Å². The largest absolute Gasteiger partial charge is 0.256 e. The van der Waals surface area contributed by atoms with Crippen LogP contribution in [0.4, 0.5) is 0 Å². The molecule has 1 aliphatic heterocycles. The number of hydrogen-bond acceptors (Lipinski definition) is 3. The molecule has 7 aromatic carbocycles. The normalized spacial score (nSPS) is 12.2. The lowest BCUT2D eigenvalue weighted by Gasteiger charge is -2.19. The van der Waals surface area contributed by atoms with Gasteiger partial charge in [-0.2, -0.15) is 0 Å². The molecule has 0 amide bonds. The van der Waals surface area contributed by atoms with E-state index in [1.165, 1.54) is 68.9 Å². The van der Waals surface area contributed by atoms with Crippen LogP contribution >= 0.6 is 23.5 Å². The second-order valence-electron chi connectivity index (χ2n) is 11.5. The first-order chi connectivity index (χ1) is 22.8. The van der Waals surface area contributed by atoms with Gasteiger partial charge in [-0.05, 0) is 79.7 Å². The van der Waals surface area contributed by atoms with Crippen molar-refractivity contribution in [3.05, 3.63) is 164 Å². The molecule has 0 aliphatic carbocycles. The van der Waals surface area contributed by atoms with E-state index in [9.17, 15) is 0 Å². The first kappa shape index (κ1) is 27.2. The van der Waals surface area contributed by atoms with Crippen LogP contribution in [0.3, 0.4) is 0 Å². The predicted octanol–water partition coefficient (Wildman–Crippen LogP) is 12.7. The van der Waals surface area contributed by atoms with Gasteiger partial charge in [0.15, 0.2) is 0 Å². The van der Waals surface area contributed by atoms with Gasteiger partial charge in [0.2, 0.25) is 0 Å². The van der Waals surface area contributed by atoms with Gasteiger partial charge >= 0.3 is 0 Å². The van der Waals surface area contributed by atoms with Crippen LogP contribution in [0, 0.1) is 0 Å². The maximum Gasteiger partial charge on any atom is 0.0702 e. The Morgan fingerprint density at radius 2 is 0.783 bits per heavy atom. The van der Waals surface area contributed by atoms with Gasteiger partial charge in [0.05, 0.1) is 5.69 Å². The summed E-state index contributed by atoms with van der Waals surface area (Å²) in [7, 11) is 0. The lowest BCUT2D eigenvalue weighted by molar-refractivity contribution is 1.15. The Labute approximate surface area is 277 Å². The first-order valence-electron chi connectivity index (χ1n) is 15.4. The van der Waals surface area contributed by atoms with E-state index in [1.807, 2.05) is 23.5 Å². The summed E-state index contributed by atoms with van der Waals surface area (Å²) < 4.78 is 0. The lowest BCUT2D eigenvalue weighted by Crippen LogP contribution is -1.93. The van der Waals surface area contributed by atoms with Crippen LogP contribution in [0.25, 0.3) is 66.2 Å². The lowest BCUT2D eigenvalue weighted by atomic mass is 9.86. The van der Waals surface area contributed by atoms with Gasteiger partial charge in [0.1, 0.15) is 0 Å². The fraction of sp³-hybridized carbons (Fsp3) is 0. The summed E-state index contributed by atoms with van der Waals surface area (Å²) in [5.41, 5.74) is 9.42. The van der Waals surface area contributed by atoms with E-state index in [4.69, 9.17) is 4.98 Å². The minimum Gasteiger partial charge on any atom is -0.256 e. The number of hydrogen-bond donors (Lipinski definition) is 0. The molecule has 0 radical (unpaired) electrons. The topological polar surface area (TPSA) is 12.9 Å². The average Bonchev–Trinajstić information content (AvgIpc) is 3.13. The van der Waals surface area contributed by atoms with Crippen molar-refractivity contribution in [2.24, 2.45) is 0 Å². The van der Waals surface area contributed by atoms with Crippen molar-refractivity contribution in [3.8, 4) is 44.6 Å². The molecule has 9 rings (SSSR count). The molecule has 0 N–H and O–H groups in total. The van der Waals surface area contributed by atoms with Crippen molar-refractivity contribution in [2.75, 3.05) is 0 Å². The van der Waals surface area contributed by atoms with Gasteiger partial charge in [-0.1, -0.05) is 151 Å². The molecule has 0 spiro atoms. The van der Waals surface area contributed by atoms with Crippen LogP contribution in [-0.2, 0) is 0 Å². The predicted molar refractivity (Wildman–Crippen MR) is 196 cm³/mol. The molecule has 1 aliphatic rings. The maximum absolute atomic E-state index is 5.04. The highest BCUT2D eigenvalue weighted by Gasteiger charge is 2.19. The number of nitrogens with zero attached hydrogens (tertiary/aromatic N) is 1. The van der Waals surface area contributed by atoms with E-state index in [0.717, 1.165) is 16.8 Å². The third kappa shape index (κ3) is 4.71. The Morgan fingerprint density at radius 1 is 0.326 bits per heavy atom.